The lowest BCUT2D eigenvalue weighted by Gasteiger charge is -2.09. The fourth-order valence-corrected chi connectivity index (χ4v) is 3.64. The predicted octanol–water partition coefficient (Wildman–Crippen LogP) is 5.33. The number of aryl methyl sites for hydroxylation is 1. The van der Waals surface area contributed by atoms with Crippen molar-refractivity contribution in [3.8, 4) is 0 Å². The van der Waals surface area contributed by atoms with Gasteiger partial charge in [0.15, 0.2) is 0 Å². The third-order valence-electron chi connectivity index (χ3n) is 4.26. The minimum Gasteiger partial charge on any atom is -0.478 e. The summed E-state index contributed by atoms with van der Waals surface area (Å²) in [5, 5.41) is 14.7. The Morgan fingerprint density at radius 3 is 2.35 bits per heavy atom. The van der Waals surface area contributed by atoms with Gasteiger partial charge in [-0.3, -0.25) is 9.59 Å². The van der Waals surface area contributed by atoms with Crippen molar-refractivity contribution in [1.29, 1.82) is 0 Å². The number of anilines is 2. The van der Waals surface area contributed by atoms with E-state index in [9.17, 15) is 14.4 Å². The van der Waals surface area contributed by atoms with Crippen LogP contribution in [-0.4, -0.2) is 28.6 Å². The molecule has 0 radical (unpaired) electrons. The van der Waals surface area contributed by atoms with Crippen LogP contribution < -0.4 is 10.6 Å². The summed E-state index contributed by atoms with van der Waals surface area (Å²) in [4.78, 5) is 36.6. The second kappa shape index (κ2) is 10.1. The van der Waals surface area contributed by atoms with Crippen molar-refractivity contribution in [3.05, 3.63) is 88.4 Å². The van der Waals surface area contributed by atoms with Gasteiger partial charge in [0.2, 0.25) is 5.91 Å². The number of carboxylic acid groups (broad SMARTS) is 1. The fourth-order valence-electron chi connectivity index (χ4n) is 2.68. The van der Waals surface area contributed by atoms with Crippen molar-refractivity contribution in [2.75, 3.05) is 16.4 Å². The molecule has 2 amide bonds. The van der Waals surface area contributed by atoms with Gasteiger partial charge >= 0.3 is 5.97 Å². The summed E-state index contributed by atoms with van der Waals surface area (Å²) < 4.78 is 0. The first-order chi connectivity index (χ1) is 14.8. The van der Waals surface area contributed by atoms with E-state index in [-0.39, 0.29) is 28.2 Å². The maximum Gasteiger partial charge on any atom is 0.337 e. The van der Waals surface area contributed by atoms with Crippen LogP contribution in [-0.2, 0) is 4.79 Å². The zero-order valence-electron chi connectivity index (χ0n) is 16.5. The predicted molar refractivity (Wildman–Crippen MR) is 123 cm³/mol. The van der Waals surface area contributed by atoms with E-state index in [1.165, 1.54) is 23.9 Å². The molecule has 0 bridgehead atoms. The van der Waals surface area contributed by atoms with Crippen LogP contribution in [0.5, 0.6) is 0 Å². The number of hydrogen-bond acceptors (Lipinski definition) is 4. The van der Waals surface area contributed by atoms with E-state index in [0.29, 0.717) is 16.9 Å². The molecule has 3 N–H and O–H groups in total. The number of benzene rings is 3. The Kier molecular flexibility index (Phi) is 7.33. The molecule has 6 nitrogen and oxygen atoms in total. The largest absolute Gasteiger partial charge is 0.478 e. The van der Waals surface area contributed by atoms with E-state index in [0.717, 1.165) is 10.5 Å². The van der Waals surface area contributed by atoms with Gasteiger partial charge in [-0.2, -0.15) is 0 Å². The SMILES string of the molecule is Cc1ccc(C(=O)Nc2cccc(SCC(=O)Nc3ccc(Cl)c(C(=O)O)c3)c2)cc1. The Morgan fingerprint density at radius 2 is 1.65 bits per heavy atom. The van der Waals surface area contributed by atoms with Gasteiger partial charge in [-0.25, -0.2) is 4.79 Å². The van der Waals surface area contributed by atoms with Gasteiger partial charge in [-0.15, -0.1) is 11.8 Å². The van der Waals surface area contributed by atoms with E-state index in [4.69, 9.17) is 16.7 Å². The van der Waals surface area contributed by atoms with Crippen molar-refractivity contribution < 1.29 is 19.5 Å². The number of hydrogen-bond donors (Lipinski definition) is 3. The second-order valence-corrected chi connectivity index (χ2v) is 8.14. The first-order valence-electron chi connectivity index (χ1n) is 9.25. The second-order valence-electron chi connectivity index (χ2n) is 6.68. The summed E-state index contributed by atoms with van der Waals surface area (Å²) in [5.41, 5.74) is 2.54. The van der Waals surface area contributed by atoms with Gasteiger partial charge in [-0.1, -0.05) is 35.4 Å². The highest BCUT2D eigenvalue weighted by atomic mass is 35.5. The molecule has 0 atom stereocenters. The summed E-state index contributed by atoms with van der Waals surface area (Å²) >= 11 is 7.13. The zero-order chi connectivity index (χ0) is 22.4. The summed E-state index contributed by atoms with van der Waals surface area (Å²) in [7, 11) is 0. The average molecular weight is 455 g/mol. The first kappa shape index (κ1) is 22.4. The molecule has 158 valence electrons. The fraction of sp³-hybridized carbons (Fsp3) is 0.0870. The number of aromatic carboxylic acids is 1. The third-order valence-corrected chi connectivity index (χ3v) is 5.58. The molecule has 0 saturated carbocycles. The Bertz CT molecular complexity index is 1130. The van der Waals surface area contributed by atoms with Crippen molar-refractivity contribution in [1.82, 2.24) is 0 Å². The van der Waals surface area contributed by atoms with Crippen molar-refractivity contribution in [3.63, 3.8) is 0 Å². The molecule has 0 spiro atoms. The molecule has 0 saturated heterocycles. The lowest BCUT2D eigenvalue weighted by Crippen LogP contribution is -2.14. The molecule has 0 aliphatic heterocycles. The minimum atomic E-state index is -1.17. The van der Waals surface area contributed by atoms with E-state index in [1.54, 1.807) is 36.4 Å². The third kappa shape index (κ3) is 6.34. The van der Waals surface area contributed by atoms with Crippen molar-refractivity contribution in [2.24, 2.45) is 0 Å². The van der Waals surface area contributed by atoms with Crippen LogP contribution in [0.15, 0.2) is 71.6 Å². The molecule has 0 fully saturated rings. The molecule has 0 aliphatic carbocycles. The molecular weight excluding hydrogens is 436 g/mol. The Hall–Kier alpha value is -3.29. The molecular formula is C23H19ClN2O4S. The number of rotatable bonds is 7. The molecule has 8 heteroatoms. The Balaban J connectivity index is 1.58. The summed E-state index contributed by atoms with van der Waals surface area (Å²) in [6.45, 7) is 1.95. The van der Waals surface area contributed by atoms with E-state index < -0.39 is 5.97 Å². The lowest BCUT2D eigenvalue weighted by molar-refractivity contribution is -0.113. The quantitative estimate of drug-likeness (QED) is 0.419. The zero-order valence-corrected chi connectivity index (χ0v) is 18.1. The van der Waals surface area contributed by atoms with Gasteiger partial charge in [0, 0.05) is 21.8 Å². The van der Waals surface area contributed by atoms with Crippen molar-refractivity contribution in [2.45, 2.75) is 11.8 Å². The number of halogens is 1. The summed E-state index contributed by atoms with van der Waals surface area (Å²) in [5.74, 6) is -1.56. The van der Waals surface area contributed by atoms with Crippen molar-refractivity contribution >= 4 is 52.5 Å². The minimum absolute atomic E-state index is 0.0795. The molecule has 0 unspecified atom stereocenters. The summed E-state index contributed by atoms with van der Waals surface area (Å²) in [6.07, 6.45) is 0. The number of carbonyl (C=O) groups is 3. The normalized spacial score (nSPS) is 10.4. The lowest BCUT2D eigenvalue weighted by atomic mass is 10.1. The van der Waals surface area contributed by atoms with Gasteiger partial charge in [-0.05, 0) is 55.5 Å². The molecule has 3 rings (SSSR count). The number of nitrogens with one attached hydrogen (secondary N) is 2. The van der Waals surface area contributed by atoms with Gasteiger partial charge in [0.25, 0.3) is 5.91 Å². The Labute approximate surface area is 188 Å². The smallest absolute Gasteiger partial charge is 0.337 e. The average Bonchev–Trinajstić information content (AvgIpc) is 2.74. The molecule has 0 aromatic heterocycles. The van der Waals surface area contributed by atoms with Gasteiger partial charge < -0.3 is 15.7 Å². The number of carbonyl (C=O) groups excluding carboxylic acids is 2. The molecule has 0 heterocycles. The highest BCUT2D eigenvalue weighted by Gasteiger charge is 2.12. The molecule has 31 heavy (non-hydrogen) atoms. The van der Waals surface area contributed by atoms with E-state index in [1.807, 2.05) is 25.1 Å². The topological polar surface area (TPSA) is 95.5 Å². The molecule has 0 aliphatic rings. The van der Waals surface area contributed by atoms with Crippen LogP contribution in [0.1, 0.15) is 26.3 Å². The van der Waals surface area contributed by atoms with Crippen LogP contribution >= 0.6 is 23.4 Å². The van der Waals surface area contributed by atoms with Crippen LogP contribution in [0, 0.1) is 6.92 Å². The maximum atomic E-state index is 12.4. The van der Waals surface area contributed by atoms with Crippen LogP contribution in [0.4, 0.5) is 11.4 Å². The first-order valence-corrected chi connectivity index (χ1v) is 10.6. The monoisotopic (exact) mass is 454 g/mol. The van der Waals surface area contributed by atoms with Crippen LogP contribution in [0.3, 0.4) is 0 Å². The number of carboxylic acids is 1. The number of thioether (sulfide) groups is 1. The van der Waals surface area contributed by atoms with Gasteiger partial charge in [0.05, 0.1) is 16.3 Å². The summed E-state index contributed by atoms with van der Waals surface area (Å²) in [6, 6.07) is 18.8. The van der Waals surface area contributed by atoms with Gasteiger partial charge in [0.1, 0.15) is 0 Å². The van der Waals surface area contributed by atoms with E-state index in [2.05, 4.69) is 10.6 Å². The number of amides is 2. The maximum absolute atomic E-state index is 12.4. The molecule has 3 aromatic carbocycles. The molecule has 3 aromatic rings. The van der Waals surface area contributed by atoms with E-state index >= 15 is 0 Å². The van der Waals surface area contributed by atoms with Crippen LogP contribution in [0.2, 0.25) is 5.02 Å². The Morgan fingerprint density at radius 1 is 0.935 bits per heavy atom. The highest BCUT2D eigenvalue weighted by molar-refractivity contribution is 8.00. The van der Waals surface area contributed by atoms with Crippen LogP contribution in [0.25, 0.3) is 0 Å². The highest BCUT2D eigenvalue weighted by Crippen LogP contribution is 2.24. The standard InChI is InChI=1S/C23H19ClN2O4S/c1-14-5-7-15(8-6-14)22(28)26-16-3-2-4-18(11-16)31-13-21(27)25-17-9-10-20(24)19(12-17)23(29)30/h2-12H,13H2,1H3,(H,25,27)(H,26,28)(H,29,30).